The summed E-state index contributed by atoms with van der Waals surface area (Å²) in [5.74, 6) is -0.478. The van der Waals surface area contributed by atoms with Gasteiger partial charge < -0.3 is 14.9 Å². The van der Waals surface area contributed by atoms with Crippen LogP contribution in [0.25, 0.3) is 6.08 Å². The number of aromatic nitrogens is 1. The van der Waals surface area contributed by atoms with Gasteiger partial charge >= 0.3 is 5.97 Å². The van der Waals surface area contributed by atoms with Crippen molar-refractivity contribution in [3.05, 3.63) is 18.2 Å². The normalized spacial score (nSPS) is 9.42. The standard InChI is InChI=1S/C7H8N2O3/c1-3-4-9-5(6(8)12-4)7(10)11-2/h3H,1,8H2,2H3. The van der Waals surface area contributed by atoms with Gasteiger partial charge in [0.1, 0.15) is 0 Å². The van der Waals surface area contributed by atoms with Crippen molar-refractivity contribution in [2.45, 2.75) is 0 Å². The predicted octanol–water partition coefficient (Wildman–Crippen LogP) is 0.686. The average molecular weight is 168 g/mol. The van der Waals surface area contributed by atoms with E-state index < -0.39 is 5.97 Å². The van der Waals surface area contributed by atoms with E-state index in [1.165, 1.54) is 13.2 Å². The first-order valence-electron chi connectivity index (χ1n) is 3.16. The summed E-state index contributed by atoms with van der Waals surface area (Å²) in [4.78, 5) is 14.6. The van der Waals surface area contributed by atoms with Gasteiger partial charge in [-0.15, -0.1) is 0 Å². The number of oxazole rings is 1. The average Bonchev–Trinajstić information content (AvgIpc) is 2.45. The van der Waals surface area contributed by atoms with Gasteiger partial charge in [0.05, 0.1) is 7.11 Å². The minimum absolute atomic E-state index is 0.0209. The number of methoxy groups -OCH3 is 1. The Kier molecular flexibility index (Phi) is 2.14. The molecule has 0 aliphatic rings. The number of nitrogens with two attached hydrogens (primary N) is 1. The molecule has 0 saturated carbocycles. The summed E-state index contributed by atoms with van der Waals surface area (Å²) < 4.78 is 9.23. The molecule has 0 aromatic carbocycles. The Hall–Kier alpha value is -1.78. The Morgan fingerprint density at radius 1 is 1.83 bits per heavy atom. The first-order chi connectivity index (χ1) is 5.69. The highest BCUT2D eigenvalue weighted by molar-refractivity contribution is 5.91. The van der Waals surface area contributed by atoms with Crippen molar-refractivity contribution in [2.75, 3.05) is 12.8 Å². The Labute approximate surface area is 68.8 Å². The van der Waals surface area contributed by atoms with E-state index in [-0.39, 0.29) is 17.5 Å². The van der Waals surface area contributed by atoms with Gasteiger partial charge in [-0.25, -0.2) is 9.78 Å². The van der Waals surface area contributed by atoms with Crippen molar-refractivity contribution in [3.63, 3.8) is 0 Å². The number of anilines is 1. The quantitative estimate of drug-likeness (QED) is 0.657. The summed E-state index contributed by atoms with van der Waals surface area (Å²) in [5, 5.41) is 0. The van der Waals surface area contributed by atoms with Crippen LogP contribution in [0.4, 0.5) is 5.88 Å². The zero-order chi connectivity index (χ0) is 9.14. The van der Waals surface area contributed by atoms with Gasteiger partial charge in [-0.1, -0.05) is 6.58 Å². The van der Waals surface area contributed by atoms with E-state index in [0.717, 1.165) is 0 Å². The monoisotopic (exact) mass is 168 g/mol. The van der Waals surface area contributed by atoms with Crippen LogP contribution in [0.1, 0.15) is 16.4 Å². The highest BCUT2D eigenvalue weighted by Crippen LogP contribution is 2.14. The van der Waals surface area contributed by atoms with Crippen molar-refractivity contribution in [2.24, 2.45) is 0 Å². The minimum Gasteiger partial charge on any atom is -0.464 e. The van der Waals surface area contributed by atoms with Crippen LogP contribution in [-0.4, -0.2) is 18.1 Å². The van der Waals surface area contributed by atoms with Crippen molar-refractivity contribution in [3.8, 4) is 0 Å². The molecule has 5 heteroatoms. The number of nitrogens with zero attached hydrogens (tertiary/aromatic N) is 1. The first kappa shape index (κ1) is 8.32. The van der Waals surface area contributed by atoms with E-state index in [1.54, 1.807) is 0 Å². The maximum absolute atomic E-state index is 10.9. The van der Waals surface area contributed by atoms with Crippen LogP contribution in [0.3, 0.4) is 0 Å². The number of ether oxygens (including phenoxy) is 1. The fourth-order valence-corrected chi connectivity index (χ4v) is 0.679. The molecule has 0 saturated heterocycles. The molecule has 0 bridgehead atoms. The van der Waals surface area contributed by atoms with Gasteiger partial charge in [-0.2, -0.15) is 0 Å². The minimum atomic E-state index is -0.621. The molecule has 1 aromatic heterocycles. The second kappa shape index (κ2) is 3.08. The summed E-state index contributed by atoms with van der Waals surface area (Å²) >= 11 is 0. The summed E-state index contributed by atoms with van der Waals surface area (Å²) in [5.41, 5.74) is 5.29. The molecule has 0 unspecified atom stereocenters. The SMILES string of the molecule is C=Cc1nc(C(=O)OC)c(N)o1. The van der Waals surface area contributed by atoms with Crippen LogP contribution in [0, 0.1) is 0 Å². The highest BCUT2D eigenvalue weighted by Gasteiger charge is 2.16. The van der Waals surface area contributed by atoms with Crippen LogP contribution >= 0.6 is 0 Å². The Balaban J connectivity index is 3.07. The largest absolute Gasteiger partial charge is 0.464 e. The zero-order valence-corrected chi connectivity index (χ0v) is 6.53. The van der Waals surface area contributed by atoms with Gasteiger partial charge in [0.2, 0.25) is 17.5 Å². The van der Waals surface area contributed by atoms with Gasteiger partial charge in [0, 0.05) is 0 Å². The van der Waals surface area contributed by atoms with Crippen molar-refractivity contribution < 1.29 is 13.9 Å². The Bertz CT molecular complexity index is 316. The molecule has 12 heavy (non-hydrogen) atoms. The lowest BCUT2D eigenvalue weighted by Crippen LogP contribution is -2.04. The topological polar surface area (TPSA) is 78.3 Å². The number of carbonyl (C=O) groups excluding carboxylic acids is 1. The second-order valence-electron chi connectivity index (χ2n) is 1.96. The number of esters is 1. The fourth-order valence-electron chi connectivity index (χ4n) is 0.679. The lowest BCUT2D eigenvalue weighted by molar-refractivity contribution is 0.0595. The van der Waals surface area contributed by atoms with Gasteiger partial charge in [-0.05, 0) is 6.08 Å². The lowest BCUT2D eigenvalue weighted by atomic mass is 10.4. The molecule has 0 atom stereocenters. The summed E-state index contributed by atoms with van der Waals surface area (Å²) in [6, 6.07) is 0. The lowest BCUT2D eigenvalue weighted by Gasteiger charge is -1.91. The van der Waals surface area contributed by atoms with E-state index in [0.29, 0.717) is 0 Å². The molecule has 5 nitrogen and oxygen atoms in total. The first-order valence-corrected chi connectivity index (χ1v) is 3.16. The summed E-state index contributed by atoms with van der Waals surface area (Å²) in [7, 11) is 1.24. The number of rotatable bonds is 2. The Morgan fingerprint density at radius 2 is 2.50 bits per heavy atom. The van der Waals surface area contributed by atoms with Crippen LogP contribution < -0.4 is 5.73 Å². The summed E-state index contributed by atoms with van der Waals surface area (Å²) in [6.45, 7) is 3.41. The van der Waals surface area contributed by atoms with Crippen LogP contribution in [-0.2, 0) is 4.74 Å². The molecule has 0 radical (unpaired) electrons. The molecular formula is C7H8N2O3. The molecule has 1 rings (SSSR count). The maximum atomic E-state index is 10.9. The third-order valence-electron chi connectivity index (χ3n) is 1.22. The third kappa shape index (κ3) is 1.29. The number of hydrogen-bond acceptors (Lipinski definition) is 5. The number of hydrogen-bond donors (Lipinski definition) is 1. The van der Waals surface area contributed by atoms with Crippen LogP contribution in [0.15, 0.2) is 11.0 Å². The van der Waals surface area contributed by atoms with E-state index in [1.807, 2.05) is 0 Å². The maximum Gasteiger partial charge on any atom is 0.362 e. The molecule has 0 aliphatic carbocycles. The van der Waals surface area contributed by atoms with Gasteiger partial charge in [0.15, 0.2) is 0 Å². The van der Waals surface area contributed by atoms with Crippen LogP contribution in [0.2, 0.25) is 0 Å². The van der Waals surface area contributed by atoms with Gasteiger partial charge in [0.25, 0.3) is 0 Å². The molecule has 64 valence electrons. The van der Waals surface area contributed by atoms with Crippen LogP contribution in [0.5, 0.6) is 0 Å². The van der Waals surface area contributed by atoms with E-state index in [9.17, 15) is 4.79 Å². The van der Waals surface area contributed by atoms with Crippen molar-refractivity contribution >= 4 is 17.9 Å². The molecular weight excluding hydrogens is 160 g/mol. The molecule has 0 fully saturated rings. The smallest absolute Gasteiger partial charge is 0.362 e. The Morgan fingerprint density at radius 3 is 2.92 bits per heavy atom. The molecule has 0 aliphatic heterocycles. The predicted molar refractivity (Wildman–Crippen MR) is 42.3 cm³/mol. The molecule has 0 amide bonds. The van der Waals surface area contributed by atoms with E-state index in [2.05, 4.69) is 16.3 Å². The highest BCUT2D eigenvalue weighted by atomic mass is 16.5. The van der Waals surface area contributed by atoms with Gasteiger partial charge in [-0.3, -0.25) is 0 Å². The molecule has 2 N–H and O–H groups in total. The van der Waals surface area contributed by atoms with Crippen molar-refractivity contribution in [1.82, 2.24) is 4.98 Å². The second-order valence-corrected chi connectivity index (χ2v) is 1.96. The van der Waals surface area contributed by atoms with Crippen molar-refractivity contribution in [1.29, 1.82) is 0 Å². The fraction of sp³-hybridized carbons (Fsp3) is 0.143. The van der Waals surface area contributed by atoms with E-state index >= 15 is 0 Å². The molecule has 0 spiro atoms. The molecule has 1 heterocycles. The molecule has 1 aromatic rings. The summed E-state index contributed by atoms with van der Waals surface area (Å²) in [6.07, 6.45) is 1.35. The number of nitrogen functional groups attached to an aromatic ring is 1. The van der Waals surface area contributed by atoms with E-state index in [4.69, 9.17) is 10.2 Å². The zero-order valence-electron chi connectivity index (χ0n) is 6.53. The third-order valence-corrected chi connectivity index (χ3v) is 1.22. The number of carbonyl (C=O) groups is 1.